The number of halogens is 1. The van der Waals surface area contributed by atoms with E-state index in [1.54, 1.807) is 11.8 Å². The Kier molecular flexibility index (Phi) is 4.99. The summed E-state index contributed by atoms with van der Waals surface area (Å²) in [6.07, 6.45) is 0. The molecule has 0 spiro atoms. The fourth-order valence-electron chi connectivity index (χ4n) is 1.05. The van der Waals surface area contributed by atoms with Crippen LogP contribution in [0.15, 0.2) is 29.2 Å². The first-order chi connectivity index (χ1) is 7.15. The molecular formula is C11H13ClO2S. The van der Waals surface area contributed by atoms with Crippen molar-refractivity contribution in [1.82, 2.24) is 0 Å². The molecule has 1 atom stereocenters. The quantitative estimate of drug-likeness (QED) is 0.601. The van der Waals surface area contributed by atoms with Crippen LogP contribution in [0.25, 0.3) is 0 Å². The molecule has 0 bridgehead atoms. The average molecular weight is 245 g/mol. The Morgan fingerprint density at radius 2 is 2.20 bits per heavy atom. The van der Waals surface area contributed by atoms with Crippen LogP contribution < -0.4 is 0 Å². The van der Waals surface area contributed by atoms with Crippen LogP contribution in [-0.2, 0) is 9.53 Å². The van der Waals surface area contributed by atoms with Crippen molar-refractivity contribution in [1.29, 1.82) is 0 Å². The van der Waals surface area contributed by atoms with E-state index in [1.807, 2.05) is 31.2 Å². The summed E-state index contributed by atoms with van der Waals surface area (Å²) in [5.41, 5.74) is 0. The van der Waals surface area contributed by atoms with Gasteiger partial charge in [-0.15, -0.1) is 11.8 Å². The summed E-state index contributed by atoms with van der Waals surface area (Å²) in [6.45, 7) is 1.84. The number of carbonyl (C=O) groups is 1. The number of carbonyl (C=O) groups excluding carboxylic acids is 1. The zero-order chi connectivity index (χ0) is 11.3. The second-order valence-electron chi connectivity index (χ2n) is 3.17. The van der Waals surface area contributed by atoms with Gasteiger partial charge in [0.25, 0.3) is 0 Å². The van der Waals surface area contributed by atoms with Crippen molar-refractivity contribution in [2.24, 2.45) is 5.92 Å². The molecule has 0 amide bonds. The van der Waals surface area contributed by atoms with Gasteiger partial charge in [-0.1, -0.05) is 30.7 Å². The van der Waals surface area contributed by atoms with E-state index in [4.69, 9.17) is 11.6 Å². The maximum Gasteiger partial charge on any atom is 0.309 e. The molecule has 1 aromatic rings. The second-order valence-corrected chi connectivity index (χ2v) is 4.63. The summed E-state index contributed by atoms with van der Waals surface area (Å²) in [5.74, 6) is 0.377. The lowest BCUT2D eigenvalue weighted by atomic mass is 10.2. The Morgan fingerprint density at radius 1 is 1.53 bits per heavy atom. The fraction of sp³-hybridized carbons (Fsp3) is 0.364. The van der Waals surface area contributed by atoms with Crippen LogP contribution in [0.2, 0.25) is 5.02 Å². The molecule has 0 heterocycles. The number of rotatable bonds is 4. The van der Waals surface area contributed by atoms with E-state index in [0.717, 1.165) is 9.92 Å². The van der Waals surface area contributed by atoms with E-state index in [9.17, 15) is 4.79 Å². The molecule has 0 aromatic heterocycles. The summed E-state index contributed by atoms with van der Waals surface area (Å²) in [6, 6.07) is 7.59. The van der Waals surface area contributed by atoms with Gasteiger partial charge in [-0.25, -0.2) is 0 Å². The molecule has 0 aliphatic rings. The summed E-state index contributed by atoms with van der Waals surface area (Å²) in [4.78, 5) is 12.1. The van der Waals surface area contributed by atoms with E-state index in [1.165, 1.54) is 7.11 Å². The van der Waals surface area contributed by atoms with E-state index in [-0.39, 0.29) is 11.9 Å². The third kappa shape index (κ3) is 3.76. The van der Waals surface area contributed by atoms with E-state index in [0.29, 0.717) is 5.75 Å². The molecular weight excluding hydrogens is 232 g/mol. The van der Waals surface area contributed by atoms with Crippen molar-refractivity contribution in [3.05, 3.63) is 29.3 Å². The van der Waals surface area contributed by atoms with Crippen LogP contribution >= 0.6 is 23.4 Å². The van der Waals surface area contributed by atoms with Crippen molar-refractivity contribution in [3.63, 3.8) is 0 Å². The standard InChI is InChI=1S/C11H13ClO2S/c1-8(11(13)14-2)7-15-10-6-4-3-5-9(10)12/h3-6,8H,7H2,1-2H3. The second kappa shape index (κ2) is 6.03. The number of thioether (sulfide) groups is 1. The van der Waals surface area contributed by atoms with Gasteiger partial charge in [0.1, 0.15) is 0 Å². The van der Waals surface area contributed by atoms with Crippen LogP contribution in [-0.4, -0.2) is 18.8 Å². The highest BCUT2D eigenvalue weighted by Gasteiger charge is 2.13. The molecule has 0 aliphatic heterocycles. The first-order valence-corrected chi connectivity index (χ1v) is 5.96. The molecule has 0 radical (unpaired) electrons. The lowest BCUT2D eigenvalue weighted by molar-refractivity contribution is -0.143. The highest BCUT2D eigenvalue weighted by Crippen LogP contribution is 2.28. The number of esters is 1. The Labute approximate surface area is 99.0 Å². The van der Waals surface area contributed by atoms with Gasteiger partial charge in [-0.05, 0) is 12.1 Å². The molecule has 1 unspecified atom stereocenters. The Morgan fingerprint density at radius 3 is 2.80 bits per heavy atom. The lowest BCUT2D eigenvalue weighted by Gasteiger charge is -2.09. The molecule has 2 nitrogen and oxygen atoms in total. The van der Waals surface area contributed by atoms with Crippen molar-refractivity contribution < 1.29 is 9.53 Å². The van der Waals surface area contributed by atoms with Crippen molar-refractivity contribution in [2.45, 2.75) is 11.8 Å². The number of methoxy groups -OCH3 is 1. The summed E-state index contributed by atoms with van der Waals surface area (Å²) >= 11 is 7.55. The molecule has 0 fully saturated rings. The molecule has 1 aromatic carbocycles. The van der Waals surface area contributed by atoms with E-state index in [2.05, 4.69) is 4.74 Å². The third-order valence-electron chi connectivity index (χ3n) is 1.93. The number of hydrogen-bond donors (Lipinski definition) is 0. The maximum absolute atomic E-state index is 11.1. The third-order valence-corrected chi connectivity index (χ3v) is 3.70. The van der Waals surface area contributed by atoms with Gasteiger partial charge in [0.15, 0.2) is 0 Å². The molecule has 1 rings (SSSR count). The van der Waals surface area contributed by atoms with Crippen LogP contribution in [0, 0.1) is 5.92 Å². The highest BCUT2D eigenvalue weighted by molar-refractivity contribution is 7.99. The van der Waals surface area contributed by atoms with Crippen LogP contribution in [0.5, 0.6) is 0 Å². The maximum atomic E-state index is 11.1. The zero-order valence-corrected chi connectivity index (χ0v) is 10.3. The van der Waals surface area contributed by atoms with Gasteiger partial charge < -0.3 is 4.74 Å². The van der Waals surface area contributed by atoms with Gasteiger partial charge in [0.05, 0.1) is 18.1 Å². The molecule has 82 valence electrons. The molecule has 0 aliphatic carbocycles. The Balaban J connectivity index is 2.50. The average Bonchev–Trinajstić information content (AvgIpc) is 2.26. The van der Waals surface area contributed by atoms with Gasteiger partial charge in [-0.2, -0.15) is 0 Å². The number of ether oxygens (including phenoxy) is 1. The minimum absolute atomic E-state index is 0.115. The molecule has 0 N–H and O–H groups in total. The monoisotopic (exact) mass is 244 g/mol. The van der Waals surface area contributed by atoms with Gasteiger partial charge in [0.2, 0.25) is 0 Å². The smallest absolute Gasteiger partial charge is 0.309 e. The molecule has 0 saturated carbocycles. The SMILES string of the molecule is COC(=O)C(C)CSc1ccccc1Cl. The first-order valence-electron chi connectivity index (χ1n) is 4.60. The van der Waals surface area contributed by atoms with Crippen LogP contribution in [0.1, 0.15) is 6.92 Å². The van der Waals surface area contributed by atoms with E-state index >= 15 is 0 Å². The Hall–Kier alpha value is -0.670. The largest absolute Gasteiger partial charge is 0.469 e. The van der Waals surface area contributed by atoms with Crippen molar-refractivity contribution in [3.8, 4) is 0 Å². The number of benzene rings is 1. The van der Waals surface area contributed by atoms with Crippen molar-refractivity contribution >= 4 is 29.3 Å². The van der Waals surface area contributed by atoms with Gasteiger partial charge >= 0.3 is 5.97 Å². The number of hydrogen-bond acceptors (Lipinski definition) is 3. The first kappa shape index (κ1) is 12.4. The normalized spacial score (nSPS) is 12.2. The lowest BCUT2D eigenvalue weighted by Crippen LogP contribution is -2.14. The van der Waals surface area contributed by atoms with E-state index < -0.39 is 0 Å². The zero-order valence-electron chi connectivity index (χ0n) is 8.70. The van der Waals surface area contributed by atoms with Gasteiger partial charge in [-0.3, -0.25) is 4.79 Å². The minimum atomic E-state index is -0.186. The minimum Gasteiger partial charge on any atom is -0.469 e. The highest BCUT2D eigenvalue weighted by atomic mass is 35.5. The predicted molar refractivity (Wildman–Crippen MR) is 63.4 cm³/mol. The van der Waals surface area contributed by atoms with Crippen LogP contribution in [0.3, 0.4) is 0 Å². The summed E-state index contributed by atoms with van der Waals surface area (Å²) < 4.78 is 4.65. The predicted octanol–water partition coefficient (Wildman–Crippen LogP) is 3.24. The fourth-order valence-corrected chi connectivity index (χ4v) is 2.29. The van der Waals surface area contributed by atoms with Crippen molar-refractivity contribution in [2.75, 3.05) is 12.9 Å². The molecule has 15 heavy (non-hydrogen) atoms. The Bertz CT molecular complexity index is 341. The van der Waals surface area contributed by atoms with Crippen LogP contribution in [0.4, 0.5) is 0 Å². The molecule has 0 saturated heterocycles. The summed E-state index contributed by atoms with van der Waals surface area (Å²) in [5, 5.41) is 0.722. The molecule has 4 heteroatoms. The van der Waals surface area contributed by atoms with Gasteiger partial charge in [0, 0.05) is 10.6 Å². The topological polar surface area (TPSA) is 26.3 Å². The summed E-state index contributed by atoms with van der Waals surface area (Å²) in [7, 11) is 1.40.